The number of carbonyl (C=O) groups excluding carboxylic acids is 1. The van der Waals surface area contributed by atoms with Crippen LogP contribution >= 0.6 is 0 Å². The highest BCUT2D eigenvalue weighted by atomic mass is 16.2. The Bertz CT molecular complexity index is 818. The van der Waals surface area contributed by atoms with Crippen LogP contribution in [-0.4, -0.2) is 25.2 Å². The van der Waals surface area contributed by atoms with Crippen LogP contribution in [0, 0.1) is 6.92 Å². The summed E-state index contributed by atoms with van der Waals surface area (Å²) in [5.41, 5.74) is 6.65. The van der Waals surface area contributed by atoms with Gasteiger partial charge >= 0.3 is 0 Å². The monoisotopic (exact) mass is 304 g/mol. The Kier molecular flexibility index (Phi) is 3.29. The van der Waals surface area contributed by atoms with Crippen molar-refractivity contribution in [3.05, 3.63) is 64.7 Å². The molecule has 116 valence electrons. The number of carbonyl (C=O) groups is 1. The third-order valence-electron chi connectivity index (χ3n) is 4.83. The fourth-order valence-electron chi connectivity index (χ4n) is 3.25. The third kappa shape index (κ3) is 2.46. The highest BCUT2D eigenvalue weighted by Crippen LogP contribution is 2.42. The van der Waals surface area contributed by atoms with Gasteiger partial charge in [0.05, 0.1) is 11.4 Å². The lowest BCUT2D eigenvalue weighted by molar-refractivity contribution is -0.116. The Morgan fingerprint density at radius 2 is 1.87 bits per heavy atom. The smallest absolute Gasteiger partial charge is 0.248 e. The van der Waals surface area contributed by atoms with Gasteiger partial charge < -0.3 is 4.90 Å². The second-order valence-corrected chi connectivity index (χ2v) is 6.48. The summed E-state index contributed by atoms with van der Waals surface area (Å²) in [6.45, 7) is 2.30. The van der Waals surface area contributed by atoms with Crippen LogP contribution in [0.3, 0.4) is 0 Å². The zero-order valence-corrected chi connectivity index (χ0v) is 13.5. The molecule has 0 aromatic heterocycles. The molecule has 0 bridgehead atoms. The van der Waals surface area contributed by atoms with Crippen molar-refractivity contribution in [2.24, 2.45) is 4.99 Å². The van der Waals surface area contributed by atoms with Gasteiger partial charge in [0.2, 0.25) is 5.91 Å². The molecule has 1 aliphatic carbocycles. The van der Waals surface area contributed by atoms with Crippen LogP contribution in [-0.2, 0) is 4.79 Å². The lowest BCUT2D eigenvalue weighted by atomic mass is 9.94. The molecule has 1 fully saturated rings. The van der Waals surface area contributed by atoms with Crippen molar-refractivity contribution in [3.63, 3.8) is 0 Å². The van der Waals surface area contributed by atoms with Gasteiger partial charge in [-0.1, -0.05) is 30.3 Å². The minimum absolute atomic E-state index is 0.0361. The van der Waals surface area contributed by atoms with Crippen LogP contribution in [0.15, 0.2) is 47.5 Å². The van der Waals surface area contributed by atoms with Crippen molar-refractivity contribution in [1.82, 2.24) is 0 Å². The highest BCUT2D eigenvalue weighted by molar-refractivity contribution is 6.20. The molecule has 1 heterocycles. The Morgan fingerprint density at radius 1 is 1.09 bits per heavy atom. The summed E-state index contributed by atoms with van der Waals surface area (Å²) in [6.07, 6.45) is 2.54. The number of hydrogen-bond acceptors (Lipinski definition) is 2. The van der Waals surface area contributed by atoms with Crippen LogP contribution in [0.1, 0.15) is 41.0 Å². The zero-order valence-electron chi connectivity index (χ0n) is 13.5. The summed E-state index contributed by atoms with van der Waals surface area (Å²) < 4.78 is 0. The molecule has 2 aromatic carbocycles. The quantitative estimate of drug-likeness (QED) is 0.833. The summed E-state index contributed by atoms with van der Waals surface area (Å²) >= 11 is 0. The third-order valence-corrected chi connectivity index (χ3v) is 4.83. The number of benzodiazepines with no additional fused rings is 1. The standard InChI is InChI=1S/C20H20N2O/c1-13-5-3-4-6-16(13)20-17-11-15(14-7-8-14)9-10-18(17)22(2)19(23)12-21-20/h3-6,9-11,14H,7-8,12H2,1-2H3. The summed E-state index contributed by atoms with van der Waals surface area (Å²) in [7, 11) is 1.84. The molecular formula is C20H20N2O. The Balaban J connectivity index is 1.93. The van der Waals surface area contributed by atoms with Gasteiger partial charge in [-0.05, 0) is 48.9 Å². The molecule has 3 nitrogen and oxygen atoms in total. The van der Waals surface area contributed by atoms with Crippen LogP contribution in [0.2, 0.25) is 0 Å². The van der Waals surface area contributed by atoms with Gasteiger partial charge in [-0.2, -0.15) is 0 Å². The lowest BCUT2D eigenvalue weighted by Crippen LogP contribution is -2.27. The molecule has 23 heavy (non-hydrogen) atoms. The van der Waals surface area contributed by atoms with E-state index in [9.17, 15) is 4.79 Å². The second-order valence-electron chi connectivity index (χ2n) is 6.48. The van der Waals surface area contributed by atoms with Gasteiger partial charge in [-0.3, -0.25) is 9.79 Å². The van der Waals surface area contributed by atoms with Gasteiger partial charge in [-0.15, -0.1) is 0 Å². The van der Waals surface area contributed by atoms with E-state index in [0.29, 0.717) is 5.92 Å². The molecule has 0 radical (unpaired) electrons. The van der Waals surface area contributed by atoms with E-state index in [1.54, 1.807) is 4.90 Å². The van der Waals surface area contributed by atoms with Crippen LogP contribution in [0.4, 0.5) is 5.69 Å². The summed E-state index contributed by atoms with van der Waals surface area (Å²) in [5, 5.41) is 0. The molecule has 1 aliphatic heterocycles. The molecule has 0 saturated heterocycles. The molecule has 0 spiro atoms. The number of anilines is 1. The van der Waals surface area contributed by atoms with E-state index in [-0.39, 0.29) is 12.5 Å². The van der Waals surface area contributed by atoms with Crippen LogP contribution in [0.25, 0.3) is 0 Å². The van der Waals surface area contributed by atoms with E-state index in [4.69, 9.17) is 0 Å². The van der Waals surface area contributed by atoms with E-state index in [1.807, 2.05) is 19.2 Å². The SMILES string of the molecule is Cc1ccccc1C1=NCC(=O)N(C)c2ccc(C3CC3)cc21. The Labute approximate surface area is 136 Å². The molecule has 0 N–H and O–H groups in total. The summed E-state index contributed by atoms with van der Waals surface area (Å²) in [6, 6.07) is 14.8. The van der Waals surface area contributed by atoms with E-state index < -0.39 is 0 Å². The fourth-order valence-corrected chi connectivity index (χ4v) is 3.25. The number of rotatable bonds is 2. The molecule has 2 aliphatic rings. The summed E-state index contributed by atoms with van der Waals surface area (Å²) in [5.74, 6) is 0.719. The van der Waals surface area contributed by atoms with Gasteiger partial charge in [0, 0.05) is 18.2 Å². The number of amides is 1. The van der Waals surface area contributed by atoms with Crippen molar-refractivity contribution in [3.8, 4) is 0 Å². The van der Waals surface area contributed by atoms with Gasteiger partial charge in [0.25, 0.3) is 0 Å². The predicted octanol–water partition coefficient (Wildman–Crippen LogP) is 3.69. The first-order chi connectivity index (χ1) is 11.1. The number of fused-ring (bicyclic) bond motifs is 1. The Morgan fingerprint density at radius 3 is 2.61 bits per heavy atom. The fraction of sp³-hybridized carbons (Fsp3) is 0.300. The number of aliphatic imine (C=N–C) groups is 1. The van der Waals surface area contributed by atoms with E-state index in [2.05, 4.69) is 42.2 Å². The van der Waals surface area contributed by atoms with E-state index in [1.165, 1.54) is 24.0 Å². The molecule has 1 amide bonds. The van der Waals surface area contributed by atoms with E-state index >= 15 is 0 Å². The number of nitrogens with zero attached hydrogens (tertiary/aromatic N) is 2. The molecule has 2 aromatic rings. The molecular weight excluding hydrogens is 284 g/mol. The van der Waals surface area contributed by atoms with Crippen molar-refractivity contribution in [2.75, 3.05) is 18.5 Å². The first-order valence-corrected chi connectivity index (χ1v) is 8.16. The van der Waals surface area contributed by atoms with Crippen molar-refractivity contribution in [1.29, 1.82) is 0 Å². The topological polar surface area (TPSA) is 32.7 Å². The highest BCUT2D eigenvalue weighted by Gasteiger charge is 2.28. The Hall–Kier alpha value is -2.42. The normalized spacial score (nSPS) is 17.6. The lowest BCUT2D eigenvalue weighted by Gasteiger charge is -2.19. The molecule has 0 atom stereocenters. The van der Waals surface area contributed by atoms with Crippen LogP contribution in [0.5, 0.6) is 0 Å². The molecule has 3 heteroatoms. The van der Waals surface area contributed by atoms with Crippen molar-refractivity contribution >= 4 is 17.3 Å². The van der Waals surface area contributed by atoms with E-state index in [0.717, 1.165) is 22.5 Å². The molecule has 0 unspecified atom stereocenters. The number of likely N-dealkylation sites (N-methyl/N-ethyl adjacent to an activating group) is 1. The van der Waals surface area contributed by atoms with Crippen molar-refractivity contribution in [2.45, 2.75) is 25.7 Å². The van der Waals surface area contributed by atoms with Crippen molar-refractivity contribution < 1.29 is 4.79 Å². The minimum Gasteiger partial charge on any atom is -0.313 e. The van der Waals surface area contributed by atoms with Gasteiger partial charge in [-0.25, -0.2) is 0 Å². The molecule has 4 rings (SSSR count). The maximum atomic E-state index is 12.3. The predicted molar refractivity (Wildman–Crippen MR) is 93.5 cm³/mol. The average molecular weight is 304 g/mol. The maximum Gasteiger partial charge on any atom is 0.248 e. The zero-order chi connectivity index (χ0) is 16.0. The van der Waals surface area contributed by atoms with Gasteiger partial charge in [0.1, 0.15) is 6.54 Å². The number of aryl methyl sites for hydroxylation is 1. The molecule has 1 saturated carbocycles. The number of hydrogen-bond donors (Lipinski definition) is 0. The maximum absolute atomic E-state index is 12.3. The summed E-state index contributed by atoms with van der Waals surface area (Å²) in [4.78, 5) is 18.7. The first kappa shape index (κ1) is 14.2. The first-order valence-electron chi connectivity index (χ1n) is 8.16. The largest absolute Gasteiger partial charge is 0.313 e. The van der Waals surface area contributed by atoms with Gasteiger partial charge in [0.15, 0.2) is 0 Å². The van der Waals surface area contributed by atoms with Crippen LogP contribution < -0.4 is 4.90 Å². The number of benzene rings is 2. The second kappa shape index (κ2) is 5.34. The average Bonchev–Trinajstić information content (AvgIpc) is 3.40. The minimum atomic E-state index is 0.0361.